The van der Waals surface area contributed by atoms with Crippen LogP contribution in [0.4, 0.5) is 0 Å². The summed E-state index contributed by atoms with van der Waals surface area (Å²) < 4.78 is 0. The van der Waals surface area contributed by atoms with E-state index in [0.29, 0.717) is 0 Å². The zero-order valence-corrected chi connectivity index (χ0v) is 23.7. The van der Waals surface area contributed by atoms with Crippen LogP contribution in [-0.4, -0.2) is 56.4 Å². The predicted octanol–water partition coefficient (Wildman–Crippen LogP) is 3.58. The average molecular weight is 550 g/mol. The third kappa shape index (κ3) is 6.02. The number of likely N-dealkylation sites (tertiary alicyclic amines) is 1. The van der Waals surface area contributed by atoms with Crippen LogP contribution in [0.1, 0.15) is 73.4 Å². The lowest BCUT2D eigenvalue weighted by Gasteiger charge is -2.35. The van der Waals surface area contributed by atoms with Crippen molar-refractivity contribution in [1.82, 2.24) is 20.2 Å². The number of hydrogen-bond acceptors (Lipinski definition) is 7. The summed E-state index contributed by atoms with van der Waals surface area (Å²) in [5.41, 5.74) is 10.1. The van der Waals surface area contributed by atoms with Gasteiger partial charge in [-0.2, -0.15) is 0 Å². The molecule has 0 bridgehead atoms. The van der Waals surface area contributed by atoms with Crippen LogP contribution in [0.3, 0.4) is 0 Å². The first kappa shape index (κ1) is 28.4. The lowest BCUT2D eigenvalue weighted by Crippen LogP contribution is -2.49. The van der Waals surface area contributed by atoms with Crippen molar-refractivity contribution in [3.05, 3.63) is 70.6 Å². The minimum atomic E-state index is -0.861. The molecule has 0 aliphatic carbocycles. The molecule has 1 aliphatic heterocycles. The number of amides is 3. The van der Waals surface area contributed by atoms with Gasteiger partial charge in [0.05, 0.1) is 45.4 Å². The Morgan fingerprint density at radius 3 is 2.44 bits per heavy atom. The SMILES string of the molecule is Cc1ncsc1-c1ccc([C@H](C)NC(=O)[C@@H]2C[C@@H](O)CN2C(=O)[C@H](c2ncccc2C(N)=O)C(C)(C)C)cc1. The maximum Gasteiger partial charge on any atom is 0.250 e. The average Bonchev–Trinajstić information content (AvgIpc) is 3.49. The molecule has 4 rings (SSSR count). The molecule has 4 N–H and O–H groups in total. The molecule has 0 radical (unpaired) electrons. The fourth-order valence-corrected chi connectivity index (χ4v) is 5.93. The number of carbonyl (C=O) groups is 3. The number of hydrogen-bond donors (Lipinski definition) is 3. The molecular formula is C29H35N5O4S. The highest BCUT2D eigenvalue weighted by Crippen LogP contribution is 2.39. The highest BCUT2D eigenvalue weighted by Gasteiger charge is 2.46. The second-order valence-corrected chi connectivity index (χ2v) is 12.0. The quantitative estimate of drug-likeness (QED) is 0.412. The molecule has 1 aromatic carbocycles. The third-order valence-corrected chi connectivity index (χ3v) is 8.11. The Hall–Kier alpha value is -3.63. The van der Waals surface area contributed by atoms with Gasteiger partial charge in [0.1, 0.15) is 6.04 Å². The van der Waals surface area contributed by atoms with E-state index in [-0.39, 0.29) is 42.1 Å². The number of aromatic nitrogens is 2. The third-order valence-electron chi connectivity index (χ3n) is 7.13. The summed E-state index contributed by atoms with van der Waals surface area (Å²) in [6.45, 7) is 9.48. The highest BCUT2D eigenvalue weighted by atomic mass is 32.1. The molecular weight excluding hydrogens is 514 g/mol. The van der Waals surface area contributed by atoms with Gasteiger partial charge in [-0.1, -0.05) is 45.0 Å². The summed E-state index contributed by atoms with van der Waals surface area (Å²) in [6.07, 6.45) is 0.789. The van der Waals surface area contributed by atoms with Crippen molar-refractivity contribution in [3.63, 3.8) is 0 Å². The molecule has 3 amide bonds. The van der Waals surface area contributed by atoms with Gasteiger partial charge >= 0.3 is 0 Å². The van der Waals surface area contributed by atoms with E-state index < -0.39 is 29.4 Å². The fourth-order valence-electron chi connectivity index (χ4n) is 5.12. The molecule has 1 aliphatic rings. The summed E-state index contributed by atoms with van der Waals surface area (Å²) in [5, 5.41) is 13.5. The van der Waals surface area contributed by atoms with E-state index in [2.05, 4.69) is 15.3 Å². The minimum absolute atomic E-state index is 0.0134. The van der Waals surface area contributed by atoms with Gasteiger partial charge in [-0.3, -0.25) is 19.4 Å². The molecule has 3 heterocycles. The number of nitrogens with one attached hydrogen (secondary N) is 1. The second-order valence-electron chi connectivity index (χ2n) is 11.1. The molecule has 2 aromatic heterocycles. The second kappa shape index (κ2) is 11.2. The van der Waals surface area contributed by atoms with Crippen LogP contribution >= 0.6 is 11.3 Å². The molecule has 0 unspecified atom stereocenters. The van der Waals surface area contributed by atoms with Crippen molar-refractivity contribution < 1.29 is 19.5 Å². The van der Waals surface area contributed by atoms with Gasteiger partial charge in [0.2, 0.25) is 11.8 Å². The van der Waals surface area contributed by atoms with Crippen molar-refractivity contribution in [1.29, 1.82) is 0 Å². The lowest BCUT2D eigenvalue weighted by molar-refractivity contribution is -0.142. The van der Waals surface area contributed by atoms with E-state index in [9.17, 15) is 19.5 Å². The van der Waals surface area contributed by atoms with Gasteiger partial charge in [-0.05, 0) is 42.5 Å². The number of benzene rings is 1. The maximum atomic E-state index is 14.0. The number of rotatable bonds is 7. The first-order valence-corrected chi connectivity index (χ1v) is 13.8. The van der Waals surface area contributed by atoms with Gasteiger partial charge in [0.25, 0.3) is 5.91 Å². The number of pyridine rings is 1. The maximum absolute atomic E-state index is 14.0. The van der Waals surface area contributed by atoms with E-state index in [1.54, 1.807) is 23.5 Å². The Bertz CT molecular complexity index is 1360. The summed E-state index contributed by atoms with van der Waals surface area (Å²) >= 11 is 1.58. The largest absolute Gasteiger partial charge is 0.391 e. The van der Waals surface area contributed by atoms with Gasteiger partial charge < -0.3 is 21.1 Å². The number of aliphatic hydroxyl groups excluding tert-OH is 1. The molecule has 10 heteroatoms. The van der Waals surface area contributed by atoms with Gasteiger partial charge in [-0.15, -0.1) is 11.3 Å². The van der Waals surface area contributed by atoms with E-state index in [1.165, 1.54) is 11.1 Å². The Balaban J connectivity index is 1.55. The summed E-state index contributed by atoms with van der Waals surface area (Å²) in [4.78, 5) is 50.8. The van der Waals surface area contributed by atoms with Crippen LogP contribution in [0.15, 0.2) is 48.1 Å². The van der Waals surface area contributed by atoms with Gasteiger partial charge in [0, 0.05) is 19.2 Å². The van der Waals surface area contributed by atoms with Crippen molar-refractivity contribution in [3.8, 4) is 10.4 Å². The first-order chi connectivity index (χ1) is 18.4. The molecule has 0 spiro atoms. The van der Waals surface area contributed by atoms with Crippen LogP contribution in [-0.2, 0) is 9.59 Å². The topological polar surface area (TPSA) is 139 Å². The van der Waals surface area contributed by atoms with Crippen molar-refractivity contribution in [2.75, 3.05) is 6.54 Å². The fraction of sp³-hybridized carbons (Fsp3) is 0.414. The number of nitrogens with two attached hydrogens (primary N) is 1. The number of β-amino-alcohol motifs (C(OH)–C–C–N with tert-alkyl or cyclic N) is 1. The molecule has 206 valence electrons. The Morgan fingerprint density at radius 1 is 1.15 bits per heavy atom. The zero-order valence-electron chi connectivity index (χ0n) is 22.8. The number of primary amides is 1. The molecule has 4 atom stereocenters. The van der Waals surface area contributed by atoms with E-state index in [1.807, 2.05) is 64.4 Å². The number of carbonyl (C=O) groups excluding carboxylic acids is 3. The van der Waals surface area contributed by atoms with Crippen molar-refractivity contribution >= 4 is 29.1 Å². The van der Waals surface area contributed by atoms with Crippen LogP contribution in [0.2, 0.25) is 0 Å². The smallest absolute Gasteiger partial charge is 0.250 e. The number of thiazole rings is 1. The number of nitrogens with zero attached hydrogens (tertiary/aromatic N) is 3. The zero-order chi connectivity index (χ0) is 28.5. The summed E-state index contributed by atoms with van der Waals surface area (Å²) in [7, 11) is 0. The Labute approximate surface area is 232 Å². The van der Waals surface area contributed by atoms with Crippen LogP contribution in [0.25, 0.3) is 10.4 Å². The van der Waals surface area contributed by atoms with E-state index in [0.717, 1.165) is 21.7 Å². The van der Waals surface area contributed by atoms with Crippen molar-refractivity contribution in [2.24, 2.45) is 11.1 Å². The number of aryl methyl sites for hydroxylation is 1. The standard InChI is InChI=1S/C29H35N5O4S/c1-16(18-8-10-19(11-9-18)25-17(2)32-15-39-25)33-27(37)22-13-20(35)14-34(22)28(38)23(29(3,4)5)24-21(26(30)36)7-6-12-31-24/h6-12,15-16,20,22-23,35H,13-14H2,1-5H3,(H2,30,36)(H,33,37)/t16-,20+,22-,23-/m0/s1. The van der Waals surface area contributed by atoms with Crippen LogP contribution < -0.4 is 11.1 Å². The Kier molecular flexibility index (Phi) is 8.17. The number of aliphatic hydroxyl groups is 1. The molecule has 9 nitrogen and oxygen atoms in total. The monoisotopic (exact) mass is 549 g/mol. The minimum Gasteiger partial charge on any atom is -0.391 e. The predicted molar refractivity (Wildman–Crippen MR) is 150 cm³/mol. The lowest BCUT2D eigenvalue weighted by atomic mass is 9.76. The highest BCUT2D eigenvalue weighted by molar-refractivity contribution is 7.13. The van der Waals surface area contributed by atoms with Gasteiger partial charge in [-0.25, -0.2) is 4.98 Å². The molecule has 3 aromatic rings. The van der Waals surface area contributed by atoms with Crippen LogP contribution in [0.5, 0.6) is 0 Å². The van der Waals surface area contributed by atoms with Crippen LogP contribution in [0, 0.1) is 12.3 Å². The molecule has 1 saturated heterocycles. The summed E-state index contributed by atoms with van der Waals surface area (Å²) in [5.74, 6) is -2.25. The van der Waals surface area contributed by atoms with Gasteiger partial charge in [0.15, 0.2) is 0 Å². The van der Waals surface area contributed by atoms with Crippen molar-refractivity contribution in [2.45, 2.75) is 65.1 Å². The Morgan fingerprint density at radius 2 is 1.85 bits per heavy atom. The first-order valence-electron chi connectivity index (χ1n) is 12.9. The molecule has 1 fully saturated rings. The van der Waals surface area contributed by atoms with E-state index >= 15 is 0 Å². The molecule has 39 heavy (non-hydrogen) atoms. The normalized spacial score (nSPS) is 19.0. The van der Waals surface area contributed by atoms with E-state index in [4.69, 9.17) is 5.73 Å². The summed E-state index contributed by atoms with van der Waals surface area (Å²) in [6, 6.07) is 9.90. The molecule has 0 saturated carbocycles.